The van der Waals surface area contributed by atoms with Crippen molar-refractivity contribution in [2.75, 3.05) is 33.9 Å². The van der Waals surface area contributed by atoms with E-state index in [0.29, 0.717) is 38.5 Å². The van der Waals surface area contributed by atoms with Gasteiger partial charge >= 0.3 is 12.2 Å². The molecule has 2 saturated heterocycles. The van der Waals surface area contributed by atoms with Crippen LogP contribution in [0.2, 0.25) is 0 Å². The van der Waals surface area contributed by atoms with Gasteiger partial charge in [0, 0.05) is 37.1 Å². The number of H-pyrrole nitrogens is 2. The number of amides is 3. The van der Waals surface area contributed by atoms with E-state index in [-0.39, 0.29) is 35.9 Å². The maximum Gasteiger partial charge on any atom is 0.410 e. The maximum absolute atomic E-state index is 14.0. The van der Waals surface area contributed by atoms with Gasteiger partial charge in [-0.05, 0) is 92.3 Å². The Morgan fingerprint density at radius 3 is 2.58 bits per heavy atom. The molecule has 3 aliphatic rings. The summed E-state index contributed by atoms with van der Waals surface area (Å²) in [7, 11) is 2.96. The number of fused-ring (bicyclic) bond motifs is 6. The fourth-order valence-electron chi connectivity index (χ4n) is 8.53. The van der Waals surface area contributed by atoms with Crippen LogP contribution in [0.5, 0.6) is 5.75 Å². The fraction of sp³-hybridized carbons (Fsp3) is 0.465. The van der Waals surface area contributed by atoms with Gasteiger partial charge in [-0.25, -0.2) is 19.6 Å². The summed E-state index contributed by atoms with van der Waals surface area (Å²) in [6, 6.07) is 13.5. The molecule has 300 valence electrons. The summed E-state index contributed by atoms with van der Waals surface area (Å²) in [5.74, 6) is 2.00. The summed E-state index contributed by atoms with van der Waals surface area (Å²) in [5.41, 5.74) is 6.12. The van der Waals surface area contributed by atoms with Gasteiger partial charge in [-0.2, -0.15) is 0 Å². The van der Waals surface area contributed by atoms with E-state index in [0.717, 1.165) is 74.2 Å². The molecule has 8 rings (SSSR count). The van der Waals surface area contributed by atoms with Crippen molar-refractivity contribution in [3.05, 3.63) is 65.9 Å². The van der Waals surface area contributed by atoms with Crippen molar-refractivity contribution in [2.24, 2.45) is 11.8 Å². The van der Waals surface area contributed by atoms with Gasteiger partial charge in [0.1, 0.15) is 35.6 Å². The van der Waals surface area contributed by atoms with E-state index in [4.69, 9.17) is 28.9 Å². The molecular weight excluding hydrogens is 727 g/mol. The lowest BCUT2D eigenvalue weighted by molar-refractivity contribution is -0.135. The first kappa shape index (κ1) is 38.3. The molecule has 2 fully saturated rings. The van der Waals surface area contributed by atoms with Crippen LogP contribution >= 0.6 is 0 Å². The van der Waals surface area contributed by atoms with Crippen LogP contribution in [0, 0.1) is 11.8 Å². The Morgan fingerprint density at radius 1 is 1.00 bits per heavy atom. The number of likely N-dealkylation sites (tertiary alicyclic amines) is 2. The second kappa shape index (κ2) is 15.0. The minimum atomic E-state index is -0.750. The largest absolute Gasteiger partial charge is 0.488 e. The van der Waals surface area contributed by atoms with Gasteiger partial charge in [0.2, 0.25) is 5.91 Å². The van der Waals surface area contributed by atoms with Crippen molar-refractivity contribution in [1.82, 2.24) is 35.1 Å². The first-order chi connectivity index (χ1) is 27.3. The molecule has 3 N–H and O–H groups in total. The van der Waals surface area contributed by atoms with Crippen LogP contribution in [0.3, 0.4) is 0 Å². The van der Waals surface area contributed by atoms with Crippen LogP contribution in [0.15, 0.2) is 48.7 Å². The topological polar surface area (TPSA) is 164 Å². The van der Waals surface area contributed by atoms with E-state index in [2.05, 4.69) is 51.7 Å². The number of benzene rings is 3. The van der Waals surface area contributed by atoms with Crippen LogP contribution in [-0.4, -0.2) is 93.4 Å². The Morgan fingerprint density at radius 2 is 1.82 bits per heavy atom. The first-order valence-electron chi connectivity index (χ1n) is 19.7. The molecule has 3 amide bonds. The minimum absolute atomic E-state index is 0.109. The molecule has 1 unspecified atom stereocenters. The summed E-state index contributed by atoms with van der Waals surface area (Å²) in [4.78, 5) is 59.6. The molecule has 14 heteroatoms. The zero-order valence-corrected chi connectivity index (χ0v) is 33.6. The Kier molecular flexibility index (Phi) is 10.1. The lowest BCUT2D eigenvalue weighted by Crippen LogP contribution is -2.51. The standard InChI is InChI=1S/C43H51N7O7/c1-23(2)36(48-41(52)55-7)40(51)50-20-24(21-54-6)15-34(50)39-45-31-13-11-25-17-30-28-12-10-26(16-27(28)22-56-35(30)18-29(25)37(31)47-39)32-19-44-38(46-32)33-9-8-14-49(33)42(53)57-43(3,4)5/h10-13,16-19,23-24,33-34,36H,8-9,14-15,20-22H2,1-7H3,(H,44,46)(H,45,47)(H,48,52)/t24-,33-,34?,36-/m0/s1. The quantitative estimate of drug-likeness (QED) is 0.144. The van der Waals surface area contributed by atoms with Gasteiger partial charge in [0.05, 0.1) is 48.7 Å². The molecule has 0 spiro atoms. The van der Waals surface area contributed by atoms with Crippen molar-refractivity contribution in [2.45, 2.75) is 84.2 Å². The number of aromatic nitrogens is 4. The number of hydrogen-bond donors (Lipinski definition) is 3. The Labute approximate surface area is 331 Å². The smallest absolute Gasteiger partial charge is 0.410 e. The summed E-state index contributed by atoms with van der Waals surface area (Å²) in [5, 5.41) is 4.70. The molecule has 0 radical (unpaired) electrons. The number of methoxy groups -OCH3 is 2. The van der Waals surface area contributed by atoms with Crippen molar-refractivity contribution in [3.63, 3.8) is 0 Å². The number of alkyl carbamates (subject to hydrolysis) is 1. The molecule has 0 aliphatic carbocycles. The lowest BCUT2D eigenvalue weighted by Gasteiger charge is -2.30. The van der Waals surface area contributed by atoms with Crippen molar-refractivity contribution in [1.29, 1.82) is 0 Å². The Bertz CT molecular complexity index is 2340. The van der Waals surface area contributed by atoms with Crippen molar-refractivity contribution < 1.29 is 33.3 Å². The third kappa shape index (κ3) is 7.38. The molecule has 57 heavy (non-hydrogen) atoms. The van der Waals surface area contributed by atoms with E-state index < -0.39 is 17.7 Å². The molecule has 0 saturated carbocycles. The Balaban J connectivity index is 1.06. The lowest BCUT2D eigenvalue weighted by atomic mass is 9.92. The number of rotatable bonds is 8. The molecule has 0 bridgehead atoms. The van der Waals surface area contributed by atoms with Gasteiger partial charge in [-0.1, -0.05) is 32.0 Å². The van der Waals surface area contributed by atoms with Gasteiger partial charge in [0.25, 0.3) is 0 Å². The van der Waals surface area contributed by atoms with Crippen LogP contribution in [0.1, 0.15) is 83.2 Å². The summed E-state index contributed by atoms with van der Waals surface area (Å²) < 4.78 is 22.4. The van der Waals surface area contributed by atoms with Crippen LogP contribution in [0.4, 0.5) is 9.59 Å². The number of ether oxygens (including phenoxy) is 4. The highest BCUT2D eigenvalue weighted by Crippen LogP contribution is 2.44. The van der Waals surface area contributed by atoms with E-state index in [1.54, 1.807) is 12.0 Å². The molecule has 2 aromatic heterocycles. The highest BCUT2D eigenvalue weighted by molar-refractivity contribution is 6.07. The van der Waals surface area contributed by atoms with Crippen LogP contribution < -0.4 is 10.1 Å². The normalized spacial score (nSPS) is 19.8. The summed E-state index contributed by atoms with van der Waals surface area (Å²) in [6.45, 7) is 11.5. The highest BCUT2D eigenvalue weighted by atomic mass is 16.6. The predicted molar refractivity (Wildman–Crippen MR) is 214 cm³/mol. The Hall–Kier alpha value is -5.63. The van der Waals surface area contributed by atoms with Gasteiger partial charge in [-0.3, -0.25) is 9.69 Å². The number of nitrogens with one attached hydrogen (secondary N) is 3. The van der Waals surface area contributed by atoms with Gasteiger partial charge in [-0.15, -0.1) is 0 Å². The zero-order valence-electron chi connectivity index (χ0n) is 33.6. The van der Waals surface area contributed by atoms with E-state index in [9.17, 15) is 14.4 Å². The van der Waals surface area contributed by atoms with Crippen LogP contribution in [-0.2, 0) is 25.6 Å². The first-order valence-corrected chi connectivity index (χ1v) is 19.7. The summed E-state index contributed by atoms with van der Waals surface area (Å²) in [6.07, 6.45) is 3.26. The monoisotopic (exact) mass is 777 g/mol. The predicted octanol–water partition coefficient (Wildman–Crippen LogP) is 7.65. The molecule has 5 aromatic rings. The highest BCUT2D eigenvalue weighted by Gasteiger charge is 2.42. The minimum Gasteiger partial charge on any atom is -0.488 e. The number of aromatic amines is 2. The molecular formula is C43H51N7O7. The van der Waals surface area contributed by atoms with E-state index in [1.165, 1.54) is 7.11 Å². The van der Waals surface area contributed by atoms with Crippen LogP contribution in [0.25, 0.3) is 44.2 Å². The fourth-order valence-corrected chi connectivity index (χ4v) is 8.53. The van der Waals surface area contributed by atoms with E-state index in [1.807, 2.05) is 51.8 Å². The van der Waals surface area contributed by atoms with Crippen molar-refractivity contribution >= 4 is 39.9 Å². The second-order valence-electron chi connectivity index (χ2n) is 16.7. The SMILES string of the molecule is COC[C@H]1CC(c2nc3c(ccc4cc5c(cc43)OCc3cc(-c4cnc([C@@H]6CCCN6C(=O)OC(C)(C)C)[nH]4)ccc3-5)[nH]2)N(C(=O)[C@@H](NC(=O)OC)C(C)C)C1. The molecule has 3 aliphatic heterocycles. The van der Waals surface area contributed by atoms with E-state index >= 15 is 0 Å². The number of imidazole rings is 2. The molecule has 4 atom stereocenters. The summed E-state index contributed by atoms with van der Waals surface area (Å²) >= 11 is 0. The molecule has 3 aromatic carbocycles. The average Bonchev–Trinajstić information content (AvgIpc) is 4.01. The zero-order chi connectivity index (χ0) is 40.2. The number of carbonyl (C=O) groups excluding carboxylic acids is 3. The number of hydrogen-bond acceptors (Lipinski definition) is 9. The third-order valence-corrected chi connectivity index (χ3v) is 11.2. The number of carbonyl (C=O) groups is 3. The molecule has 14 nitrogen and oxygen atoms in total. The van der Waals surface area contributed by atoms with Gasteiger partial charge < -0.3 is 39.1 Å². The van der Waals surface area contributed by atoms with Gasteiger partial charge in [0.15, 0.2) is 0 Å². The average molecular weight is 778 g/mol. The number of nitrogens with zero attached hydrogens (tertiary/aromatic N) is 4. The molecule has 5 heterocycles. The maximum atomic E-state index is 14.0. The second-order valence-corrected chi connectivity index (χ2v) is 16.7. The van der Waals surface area contributed by atoms with Crippen molar-refractivity contribution in [3.8, 4) is 28.1 Å². The third-order valence-electron chi connectivity index (χ3n) is 11.2.